The van der Waals surface area contributed by atoms with Gasteiger partial charge in [0, 0.05) is 22.6 Å². The summed E-state index contributed by atoms with van der Waals surface area (Å²) < 4.78 is 39.0. The summed E-state index contributed by atoms with van der Waals surface area (Å²) in [4.78, 5) is 39.7. The van der Waals surface area contributed by atoms with Crippen LogP contribution in [0.2, 0.25) is 0 Å². The van der Waals surface area contributed by atoms with Gasteiger partial charge in [-0.25, -0.2) is 0 Å². The predicted molar refractivity (Wildman–Crippen MR) is 147 cm³/mol. The lowest BCUT2D eigenvalue weighted by Crippen LogP contribution is -2.25. The first-order chi connectivity index (χ1) is 19.9. The van der Waals surface area contributed by atoms with E-state index in [1.54, 1.807) is 30.3 Å². The van der Waals surface area contributed by atoms with Crippen molar-refractivity contribution in [3.63, 3.8) is 0 Å². The first-order valence-corrected chi connectivity index (χ1v) is 12.6. The maximum atomic E-state index is 13.6. The lowest BCUT2D eigenvalue weighted by atomic mass is 9.85. The second-order valence-electron chi connectivity index (χ2n) is 9.33. The highest BCUT2D eigenvalue weighted by atomic mass is 16.5. The number of hydrogen-bond donors (Lipinski definition) is 0. The van der Waals surface area contributed by atoms with Crippen LogP contribution in [0.15, 0.2) is 63.7 Å². The fraction of sp³-hybridized carbons (Fsp3) is 0.194. The summed E-state index contributed by atoms with van der Waals surface area (Å²) in [5.41, 5.74) is 1.46. The lowest BCUT2D eigenvalue weighted by Gasteiger charge is -2.25. The highest BCUT2D eigenvalue weighted by molar-refractivity contribution is 6.15. The van der Waals surface area contributed by atoms with Gasteiger partial charge in [-0.05, 0) is 48.5 Å². The molecule has 1 atom stereocenters. The number of methoxy groups -OCH3 is 4. The molecule has 10 nitrogen and oxygen atoms in total. The van der Waals surface area contributed by atoms with Gasteiger partial charge in [0.25, 0.3) is 0 Å². The minimum atomic E-state index is -0.782. The molecule has 3 aromatic carbocycles. The van der Waals surface area contributed by atoms with Crippen molar-refractivity contribution in [1.82, 2.24) is 0 Å². The molecule has 4 aromatic rings. The summed E-state index contributed by atoms with van der Waals surface area (Å²) in [6, 6.07) is 11.4. The van der Waals surface area contributed by atoms with Crippen molar-refractivity contribution >= 4 is 28.8 Å². The summed E-state index contributed by atoms with van der Waals surface area (Å²) >= 11 is 0. The number of ether oxygens (including phenoxy) is 6. The van der Waals surface area contributed by atoms with E-state index in [4.69, 9.17) is 32.8 Å². The minimum Gasteiger partial charge on any atom is -0.497 e. The molecule has 0 radical (unpaired) electrons. The Bertz CT molecular complexity index is 1830. The second-order valence-corrected chi connectivity index (χ2v) is 9.33. The van der Waals surface area contributed by atoms with Crippen LogP contribution in [0.1, 0.15) is 39.4 Å². The maximum absolute atomic E-state index is 13.6. The largest absolute Gasteiger partial charge is 0.497 e. The molecule has 2 aliphatic rings. The Labute approximate surface area is 233 Å². The average Bonchev–Trinajstić information content (AvgIpc) is 3.30. The van der Waals surface area contributed by atoms with Crippen molar-refractivity contribution < 1.29 is 42.4 Å². The number of benzene rings is 3. The molecule has 6 rings (SSSR count). The highest BCUT2D eigenvalue weighted by Gasteiger charge is 2.40. The summed E-state index contributed by atoms with van der Waals surface area (Å²) in [6.07, 6.45) is 2.73. The fourth-order valence-electron chi connectivity index (χ4n) is 5.24. The number of esters is 1. The van der Waals surface area contributed by atoms with Crippen LogP contribution in [0.4, 0.5) is 0 Å². The van der Waals surface area contributed by atoms with Gasteiger partial charge < -0.3 is 32.8 Å². The Balaban J connectivity index is 1.48. The first-order valence-electron chi connectivity index (χ1n) is 12.6. The quantitative estimate of drug-likeness (QED) is 0.185. The van der Waals surface area contributed by atoms with Gasteiger partial charge in [0.05, 0.1) is 52.1 Å². The van der Waals surface area contributed by atoms with Crippen molar-refractivity contribution in [3.8, 4) is 34.5 Å². The summed E-state index contributed by atoms with van der Waals surface area (Å²) in [5, 5.41) is 0.299. The van der Waals surface area contributed by atoms with E-state index in [9.17, 15) is 14.4 Å². The fourth-order valence-corrected chi connectivity index (χ4v) is 5.24. The van der Waals surface area contributed by atoms with E-state index in [1.165, 1.54) is 52.9 Å². The molecular formula is C31H24O10. The first kappa shape index (κ1) is 26.0. The number of rotatable bonds is 6. The second kappa shape index (κ2) is 10.1. The molecule has 1 aromatic heterocycles. The number of fused-ring (bicyclic) bond motifs is 4. The van der Waals surface area contributed by atoms with Crippen LogP contribution < -0.4 is 33.8 Å². The van der Waals surface area contributed by atoms with Gasteiger partial charge in [-0.2, -0.15) is 0 Å². The zero-order valence-corrected chi connectivity index (χ0v) is 22.6. The topological polar surface area (TPSA) is 120 Å². The van der Waals surface area contributed by atoms with Crippen LogP contribution in [0.3, 0.4) is 0 Å². The van der Waals surface area contributed by atoms with E-state index < -0.39 is 11.9 Å². The van der Waals surface area contributed by atoms with Crippen molar-refractivity contribution in [3.05, 3.63) is 87.0 Å². The van der Waals surface area contributed by atoms with Crippen LogP contribution >= 0.6 is 0 Å². The zero-order valence-electron chi connectivity index (χ0n) is 22.6. The minimum absolute atomic E-state index is 0.0184. The van der Waals surface area contributed by atoms with Crippen molar-refractivity contribution in [1.29, 1.82) is 0 Å². The van der Waals surface area contributed by atoms with E-state index in [0.717, 1.165) is 0 Å². The third kappa shape index (κ3) is 4.15. The molecule has 0 N–H and O–H groups in total. The molecule has 3 heterocycles. The van der Waals surface area contributed by atoms with E-state index in [2.05, 4.69) is 0 Å². The van der Waals surface area contributed by atoms with Crippen LogP contribution in [-0.2, 0) is 4.79 Å². The summed E-state index contributed by atoms with van der Waals surface area (Å²) in [5.74, 6) is 0.392. The molecule has 0 saturated heterocycles. The van der Waals surface area contributed by atoms with Gasteiger partial charge in [-0.15, -0.1) is 0 Å². The van der Waals surface area contributed by atoms with E-state index in [1.807, 2.05) is 0 Å². The Kier molecular flexibility index (Phi) is 6.37. The van der Waals surface area contributed by atoms with Crippen LogP contribution in [-0.4, -0.2) is 40.2 Å². The van der Waals surface area contributed by atoms with Crippen molar-refractivity contribution in [2.24, 2.45) is 0 Å². The van der Waals surface area contributed by atoms with Crippen molar-refractivity contribution in [2.45, 2.75) is 12.3 Å². The number of ketones is 1. The lowest BCUT2D eigenvalue weighted by molar-refractivity contribution is -0.135. The normalized spacial score (nSPS) is 16.6. The van der Waals surface area contributed by atoms with Crippen LogP contribution in [0.25, 0.3) is 17.0 Å². The zero-order chi connectivity index (χ0) is 28.8. The van der Waals surface area contributed by atoms with Gasteiger partial charge >= 0.3 is 5.97 Å². The van der Waals surface area contributed by atoms with E-state index >= 15 is 0 Å². The molecule has 0 amide bonds. The molecule has 208 valence electrons. The molecule has 2 aliphatic heterocycles. The monoisotopic (exact) mass is 556 g/mol. The molecule has 0 unspecified atom stereocenters. The SMILES string of the molecule is COc1ccc2occ([C@@H]3CC(=O)Oc4ccc5c(c43)O/C(=C\c3ccc(OC)c(OC)c3OC)C5=O)c(=O)c2c1. The summed E-state index contributed by atoms with van der Waals surface area (Å²) in [6.45, 7) is 0. The number of allylic oxidation sites excluding steroid dienone is 1. The molecular weight excluding hydrogens is 532 g/mol. The third-order valence-corrected chi connectivity index (χ3v) is 7.18. The number of carbonyl (C=O) groups is 2. The number of Topliss-reactive ketones (excluding diaryl/α,β-unsaturated/α-hetero) is 1. The van der Waals surface area contributed by atoms with Gasteiger partial charge in [0.1, 0.15) is 22.8 Å². The molecule has 0 aliphatic carbocycles. The Morgan fingerprint density at radius 3 is 2.39 bits per heavy atom. The average molecular weight is 557 g/mol. The Morgan fingerprint density at radius 2 is 1.66 bits per heavy atom. The molecule has 41 heavy (non-hydrogen) atoms. The van der Waals surface area contributed by atoms with Crippen LogP contribution in [0.5, 0.6) is 34.5 Å². The van der Waals surface area contributed by atoms with Crippen LogP contribution in [0, 0.1) is 0 Å². The van der Waals surface area contributed by atoms with E-state index in [-0.39, 0.29) is 46.0 Å². The highest BCUT2D eigenvalue weighted by Crippen LogP contribution is 2.49. The molecule has 10 heteroatoms. The predicted octanol–water partition coefficient (Wildman–Crippen LogP) is 4.88. The van der Waals surface area contributed by atoms with Gasteiger partial charge in [0.15, 0.2) is 22.7 Å². The van der Waals surface area contributed by atoms with E-state index in [0.29, 0.717) is 45.1 Å². The van der Waals surface area contributed by atoms with Gasteiger partial charge in [0.2, 0.25) is 11.5 Å². The van der Waals surface area contributed by atoms with Gasteiger partial charge in [-0.3, -0.25) is 14.4 Å². The number of carbonyl (C=O) groups excluding carboxylic acids is 2. The molecule has 0 saturated carbocycles. The standard InChI is InChI=1S/C31H24O10/c1-35-16-6-9-21-19(12-16)27(33)20(14-39-21)18-13-25(32)40-22-10-7-17-28(34)24(41-30(17)26(18)22)11-15-5-8-23(36-2)31(38-4)29(15)37-3/h5-12,14,18H,13H2,1-4H3/b24-11-/t18-/m0/s1. The number of hydrogen-bond acceptors (Lipinski definition) is 10. The Morgan fingerprint density at radius 1 is 0.854 bits per heavy atom. The van der Waals surface area contributed by atoms with Crippen molar-refractivity contribution in [2.75, 3.05) is 28.4 Å². The smallest absolute Gasteiger partial charge is 0.312 e. The maximum Gasteiger partial charge on any atom is 0.312 e. The molecule has 0 bridgehead atoms. The molecule has 0 spiro atoms. The molecule has 0 fully saturated rings. The Hall–Kier alpha value is -5.25. The van der Waals surface area contributed by atoms with Gasteiger partial charge in [-0.1, -0.05) is 0 Å². The third-order valence-electron chi connectivity index (χ3n) is 7.18. The summed E-state index contributed by atoms with van der Waals surface area (Å²) in [7, 11) is 5.97.